The summed E-state index contributed by atoms with van der Waals surface area (Å²) in [5.74, 6) is 1.45. The number of para-hydroxylation sites is 1. The number of sulfonamides is 1. The normalized spacial score (nSPS) is 15.3. The number of carbonyl (C=O) groups excluding carboxylic acids is 1. The first-order valence-electron chi connectivity index (χ1n) is 9.84. The third kappa shape index (κ3) is 4.40. The fraction of sp³-hybridized carbons (Fsp3) is 0.350. The lowest BCUT2D eigenvalue weighted by Crippen LogP contribution is -2.39. The minimum Gasteiger partial charge on any atom is -0.331 e. The highest BCUT2D eigenvalue weighted by Crippen LogP contribution is 2.28. The zero-order valence-corrected chi connectivity index (χ0v) is 19.4. The van der Waals surface area contributed by atoms with Gasteiger partial charge in [-0.15, -0.1) is 11.3 Å². The van der Waals surface area contributed by atoms with E-state index >= 15 is 0 Å². The van der Waals surface area contributed by atoms with E-state index in [1.165, 1.54) is 15.3 Å². The standard InChI is InChI=1S/C20H22N4O4S3/c1-2-23(13-17-21-15-6-4-3-5-14(15)19(25)22-17)20(26)18-16(7-10-30-18)31(27,28)24-8-11-29-12-9-24/h3-7,10H,2,8-9,11-13H2,1H3,(H,21,22,25). The molecule has 1 aliphatic rings. The number of benzene rings is 1. The minimum absolute atomic E-state index is 0.0489. The van der Waals surface area contributed by atoms with Crippen LogP contribution in [0, 0.1) is 0 Å². The van der Waals surface area contributed by atoms with Crippen molar-refractivity contribution in [3.8, 4) is 0 Å². The number of amides is 1. The predicted octanol–water partition coefficient (Wildman–Crippen LogP) is 2.38. The van der Waals surface area contributed by atoms with E-state index in [2.05, 4.69) is 9.97 Å². The lowest BCUT2D eigenvalue weighted by atomic mass is 10.2. The van der Waals surface area contributed by atoms with Crippen LogP contribution in [0.5, 0.6) is 0 Å². The number of hydrogen-bond acceptors (Lipinski definition) is 7. The molecule has 31 heavy (non-hydrogen) atoms. The van der Waals surface area contributed by atoms with Crippen LogP contribution < -0.4 is 5.56 Å². The van der Waals surface area contributed by atoms with Crippen molar-refractivity contribution in [2.24, 2.45) is 0 Å². The monoisotopic (exact) mass is 478 g/mol. The first kappa shape index (κ1) is 22.0. The molecule has 1 saturated heterocycles. The molecule has 1 fully saturated rings. The number of thioether (sulfide) groups is 1. The van der Waals surface area contributed by atoms with Gasteiger partial charge in [-0.1, -0.05) is 12.1 Å². The smallest absolute Gasteiger partial charge is 0.265 e. The maximum atomic E-state index is 13.3. The van der Waals surface area contributed by atoms with E-state index in [4.69, 9.17) is 0 Å². The van der Waals surface area contributed by atoms with E-state index in [-0.39, 0.29) is 21.9 Å². The van der Waals surface area contributed by atoms with Gasteiger partial charge in [0, 0.05) is 31.1 Å². The molecule has 1 aromatic carbocycles. The summed E-state index contributed by atoms with van der Waals surface area (Å²) in [6.45, 7) is 3.10. The number of nitrogens with zero attached hydrogens (tertiary/aromatic N) is 3. The van der Waals surface area contributed by atoms with Crippen molar-refractivity contribution in [1.82, 2.24) is 19.2 Å². The summed E-state index contributed by atoms with van der Waals surface area (Å²) in [7, 11) is -3.74. The molecule has 0 saturated carbocycles. The molecular weight excluding hydrogens is 456 g/mol. The van der Waals surface area contributed by atoms with Crippen molar-refractivity contribution >= 4 is 49.9 Å². The van der Waals surface area contributed by atoms with Crippen LogP contribution in [-0.4, -0.2) is 64.6 Å². The molecule has 0 aliphatic carbocycles. The zero-order valence-electron chi connectivity index (χ0n) is 16.9. The highest BCUT2D eigenvalue weighted by Gasteiger charge is 2.32. The van der Waals surface area contributed by atoms with Gasteiger partial charge in [-0.25, -0.2) is 13.4 Å². The molecule has 164 valence electrons. The first-order valence-corrected chi connectivity index (χ1v) is 13.3. The molecule has 2 aromatic heterocycles. The van der Waals surface area contributed by atoms with Gasteiger partial charge in [0.1, 0.15) is 15.6 Å². The Labute approximate surface area is 188 Å². The van der Waals surface area contributed by atoms with Crippen LogP contribution in [0.2, 0.25) is 0 Å². The van der Waals surface area contributed by atoms with Crippen molar-refractivity contribution in [3.63, 3.8) is 0 Å². The van der Waals surface area contributed by atoms with Crippen LogP contribution in [-0.2, 0) is 16.6 Å². The van der Waals surface area contributed by atoms with E-state index < -0.39 is 15.9 Å². The summed E-state index contributed by atoms with van der Waals surface area (Å²) in [6, 6.07) is 8.49. The lowest BCUT2D eigenvalue weighted by Gasteiger charge is -2.26. The Morgan fingerprint density at radius 2 is 1.97 bits per heavy atom. The number of H-pyrrole nitrogens is 1. The second-order valence-corrected chi connectivity index (χ2v) is 11.0. The molecule has 4 rings (SSSR count). The molecule has 3 aromatic rings. The Morgan fingerprint density at radius 1 is 1.23 bits per heavy atom. The molecule has 3 heterocycles. The van der Waals surface area contributed by atoms with E-state index in [1.54, 1.807) is 48.3 Å². The molecule has 11 heteroatoms. The number of aromatic nitrogens is 2. The van der Waals surface area contributed by atoms with Crippen molar-refractivity contribution in [2.45, 2.75) is 18.4 Å². The van der Waals surface area contributed by atoms with Gasteiger partial charge in [-0.2, -0.15) is 16.1 Å². The van der Waals surface area contributed by atoms with Gasteiger partial charge in [-0.05, 0) is 30.5 Å². The lowest BCUT2D eigenvalue weighted by molar-refractivity contribution is 0.0749. The van der Waals surface area contributed by atoms with E-state index in [0.717, 1.165) is 22.8 Å². The van der Waals surface area contributed by atoms with Crippen molar-refractivity contribution < 1.29 is 13.2 Å². The van der Waals surface area contributed by atoms with Crippen molar-refractivity contribution in [1.29, 1.82) is 0 Å². The SMILES string of the molecule is CCN(Cc1nc2ccccc2c(=O)[nH]1)C(=O)c1sccc1S(=O)(=O)N1CCSCC1. The average Bonchev–Trinajstić information content (AvgIpc) is 3.28. The molecule has 0 atom stereocenters. The molecular formula is C20H22N4O4S3. The maximum Gasteiger partial charge on any atom is 0.265 e. The maximum absolute atomic E-state index is 13.3. The summed E-state index contributed by atoms with van der Waals surface area (Å²) in [4.78, 5) is 34.5. The molecule has 0 unspecified atom stereocenters. The van der Waals surface area contributed by atoms with Crippen molar-refractivity contribution in [2.75, 3.05) is 31.1 Å². The highest BCUT2D eigenvalue weighted by molar-refractivity contribution is 7.99. The van der Waals surface area contributed by atoms with Gasteiger partial charge < -0.3 is 9.88 Å². The van der Waals surface area contributed by atoms with Gasteiger partial charge >= 0.3 is 0 Å². The van der Waals surface area contributed by atoms with Gasteiger partial charge in [0.05, 0.1) is 17.4 Å². The quantitative estimate of drug-likeness (QED) is 0.584. The molecule has 0 bridgehead atoms. The topological polar surface area (TPSA) is 103 Å². The third-order valence-corrected chi connectivity index (χ3v) is 9.00. The fourth-order valence-electron chi connectivity index (χ4n) is 3.44. The Bertz CT molecular complexity index is 1260. The van der Waals surface area contributed by atoms with Crippen molar-refractivity contribution in [3.05, 3.63) is 56.8 Å². The Hall–Kier alpha value is -2.21. The molecule has 0 radical (unpaired) electrons. The summed E-state index contributed by atoms with van der Waals surface area (Å²) in [5, 5.41) is 2.11. The van der Waals surface area contributed by atoms with Gasteiger partial charge in [0.2, 0.25) is 10.0 Å². The number of thiophene rings is 1. The van der Waals surface area contributed by atoms with E-state index in [0.29, 0.717) is 36.4 Å². The number of fused-ring (bicyclic) bond motifs is 1. The number of hydrogen-bond donors (Lipinski definition) is 1. The summed E-state index contributed by atoms with van der Waals surface area (Å²) >= 11 is 2.83. The molecule has 1 N–H and O–H groups in total. The Balaban J connectivity index is 1.62. The number of rotatable bonds is 6. The number of carbonyl (C=O) groups is 1. The molecule has 0 spiro atoms. The molecule has 1 amide bonds. The zero-order chi connectivity index (χ0) is 22.0. The van der Waals surface area contributed by atoms with Gasteiger partial charge in [0.25, 0.3) is 11.5 Å². The highest BCUT2D eigenvalue weighted by atomic mass is 32.2. The summed E-state index contributed by atoms with van der Waals surface area (Å²) in [6.07, 6.45) is 0. The molecule has 8 nitrogen and oxygen atoms in total. The second kappa shape index (κ2) is 9.11. The van der Waals surface area contributed by atoms with Crippen LogP contribution in [0.25, 0.3) is 10.9 Å². The minimum atomic E-state index is -3.74. The average molecular weight is 479 g/mol. The first-order chi connectivity index (χ1) is 14.9. The van der Waals surface area contributed by atoms with Crippen LogP contribution in [0.15, 0.2) is 45.4 Å². The van der Waals surface area contributed by atoms with Crippen LogP contribution in [0.1, 0.15) is 22.4 Å². The number of nitrogens with one attached hydrogen (secondary N) is 1. The van der Waals surface area contributed by atoms with Gasteiger partial charge in [0.15, 0.2) is 0 Å². The van der Waals surface area contributed by atoms with E-state index in [9.17, 15) is 18.0 Å². The fourth-order valence-corrected chi connectivity index (χ4v) is 7.38. The summed E-state index contributed by atoms with van der Waals surface area (Å²) in [5.41, 5.74) is 0.276. The Morgan fingerprint density at radius 3 is 2.71 bits per heavy atom. The van der Waals surface area contributed by atoms with Gasteiger partial charge in [-0.3, -0.25) is 9.59 Å². The van der Waals surface area contributed by atoms with E-state index in [1.807, 2.05) is 0 Å². The third-order valence-electron chi connectivity index (χ3n) is 5.08. The van der Waals surface area contributed by atoms with Crippen LogP contribution >= 0.6 is 23.1 Å². The predicted molar refractivity (Wildman–Crippen MR) is 123 cm³/mol. The molecule has 1 aliphatic heterocycles. The van der Waals surface area contributed by atoms with Crippen LogP contribution in [0.3, 0.4) is 0 Å². The summed E-state index contributed by atoms with van der Waals surface area (Å²) < 4.78 is 27.7. The van der Waals surface area contributed by atoms with Crippen LogP contribution in [0.4, 0.5) is 0 Å². The second-order valence-electron chi connectivity index (χ2n) is 6.98. The Kier molecular flexibility index (Phi) is 6.47. The number of aromatic amines is 1. The largest absolute Gasteiger partial charge is 0.331 e.